The van der Waals surface area contributed by atoms with Gasteiger partial charge in [-0.15, -0.1) is 11.3 Å². The predicted octanol–water partition coefficient (Wildman–Crippen LogP) is 4.36. The number of benzene rings is 1. The summed E-state index contributed by atoms with van der Waals surface area (Å²) >= 11 is 1.39. The highest BCUT2D eigenvalue weighted by atomic mass is 32.1. The lowest BCUT2D eigenvalue weighted by atomic mass is 9.94. The van der Waals surface area contributed by atoms with Gasteiger partial charge in [-0.3, -0.25) is 4.79 Å². The molecule has 0 radical (unpaired) electrons. The first-order valence-corrected chi connectivity index (χ1v) is 8.53. The van der Waals surface area contributed by atoms with Gasteiger partial charge < -0.3 is 16.0 Å². The molecule has 0 saturated carbocycles. The van der Waals surface area contributed by atoms with Crippen molar-refractivity contribution in [2.45, 2.75) is 33.1 Å². The van der Waals surface area contributed by atoms with Crippen LogP contribution in [0.4, 0.5) is 16.2 Å². The summed E-state index contributed by atoms with van der Waals surface area (Å²) in [7, 11) is 1.58. The summed E-state index contributed by atoms with van der Waals surface area (Å²) in [5.41, 5.74) is 2.25. The average Bonchev–Trinajstić information content (AvgIpc) is 2.92. The smallest absolute Gasteiger partial charge is 0.323 e. The van der Waals surface area contributed by atoms with Crippen LogP contribution in [0.1, 0.15) is 40.9 Å². The Morgan fingerprint density at radius 3 is 2.21 bits per heavy atom. The molecular formula is C18H23N3O2S. The zero-order valence-electron chi connectivity index (χ0n) is 14.6. The first kappa shape index (κ1) is 18.0. The highest BCUT2D eigenvalue weighted by molar-refractivity contribution is 7.14. The number of hydrogen-bond acceptors (Lipinski definition) is 3. The van der Waals surface area contributed by atoms with E-state index in [1.165, 1.54) is 11.3 Å². The standard InChI is InChI=1S/C18H23N3O2S/c1-11-6-8-12(9-7-11)20-17(23)21-13-10-14(18(2,3)4)24-15(13)16(22)19-5/h6-10H,1-5H3,(H,19,22)(H2,20,21,23). The fourth-order valence-electron chi connectivity index (χ4n) is 2.06. The molecule has 6 heteroatoms. The molecule has 3 amide bonds. The number of thiophene rings is 1. The molecule has 0 aliphatic heterocycles. The molecule has 0 saturated heterocycles. The Balaban J connectivity index is 2.21. The molecule has 0 aliphatic carbocycles. The number of anilines is 2. The molecule has 2 rings (SSSR count). The van der Waals surface area contributed by atoms with Crippen LogP contribution in [0, 0.1) is 6.92 Å². The van der Waals surface area contributed by atoms with Crippen molar-refractivity contribution in [2.24, 2.45) is 0 Å². The Labute approximate surface area is 146 Å². The Kier molecular flexibility index (Phi) is 5.29. The van der Waals surface area contributed by atoms with Crippen molar-refractivity contribution in [3.63, 3.8) is 0 Å². The third-order valence-corrected chi connectivity index (χ3v) is 5.02. The minimum atomic E-state index is -0.373. The summed E-state index contributed by atoms with van der Waals surface area (Å²) in [6.45, 7) is 8.20. The second kappa shape index (κ2) is 7.05. The monoisotopic (exact) mass is 345 g/mol. The maximum Gasteiger partial charge on any atom is 0.323 e. The minimum Gasteiger partial charge on any atom is -0.354 e. The molecule has 1 aromatic heterocycles. The van der Waals surface area contributed by atoms with Gasteiger partial charge in [0.2, 0.25) is 0 Å². The van der Waals surface area contributed by atoms with Crippen LogP contribution in [-0.2, 0) is 5.41 Å². The first-order valence-electron chi connectivity index (χ1n) is 7.72. The molecule has 1 aromatic carbocycles. The molecule has 0 bridgehead atoms. The van der Waals surface area contributed by atoms with Gasteiger partial charge in [0.25, 0.3) is 5.91 Å². The van der Waals surface area contributed by atoms with E-state index in [2.05, 4.69) is 36.7 Å². The van der Waals surface area contributed by atoms with Gasteiger partial charge in [-0.2, -0.15) is 0 Å². The Hall–Kier alpha value is -2.34. The average molecular weight is 345 g/mol. The fraction of sp³-hybridized carbons (Fsp3) is 0.333. The van der Waals surface area contributed by atoms with E-state index in [9.17, 15) is 9.59 Å². The van der Waals surface area contributed by atoms with E-state index >= 15 is 0 Å². The third-order valence-electron chi connectivity index (χ3n) is 3.46. The number of urea groups is 1. The van der Waals surface area contributed by atoms with Gasteiger partial charge in [-0.1, -0.05) is 38.5 Å². The molecule has 1 heterocycles. The number of nitrogens with one attached hydrogen (secondary N) is 3. The van der Waals surface area contributed by atoms with Crippen LogP contribution in [0.5, 0.6) is 0 Å². The topological polar surface area (TPSA) is 70.2 Å². The molecule has 2 aromatic rings. The molecule has 0 atom stereocenters. The van der Waals surface area contributed by atoms with Crippen LogP contribution >= 0.6 is 11.3 Å². The first-order chi connectivity index (χ1) is 11.2. The van der Waals surface area contributed by atoms with Crippen molar-refractivity contribution in [3.05, 3.63) is 45.6 Å². The van der Waals surface area contributed by atoms with Gasteiger partial charge >= 0.3 is 6.03 Å². The number of amides is 3. The Bertz CT molecular complexity index is 743. The van der Waals surface area contributed by atoms with Gasteiger partial charge in [0.15, 0.2) is 0 Å². The minimum absolute atomic E-state index is 0.0964. The highest BCUT2D eigenvalue weighted by Crippen LogP contribution is 2.35. The lowest BCUT2D eigenvalue weighted by Gasteiger charge is -2.15. The van der Waals surface area contributed by atoms with Gasteiger partial charge in [0.1, 0.15) is 4.88 Å². The fourth-order valence-corrected chi connectivity index (χ4v) is 3.17. The van der Waals surface area contributed by atoms with E-state index in [4.69, 9.17) is 0 Å². The van der Waals surface area contributed by atoms with E-state index < -0.39 is 0 Å². The number of aryl methyl sites for hydroxylation is 1. The normalized spacial score (nSPS) is 11.0. The van der Waals surface area contributed by atoms with Crippen LogP contribution in [0.2, 0.25) is 0 Å². The number of rotatable bonds is 3. The van der Waals surface area contributed by atoms with Crippen molar-refractivity contribution in [1.29, 1.82) is 0 Å². The van der Waals surface area contributed by atoms with Crippen LogP contribution in [-0.4, -0.2) is 19.0 Å². The SMILES string of the molecule is CNC(=O)c1sc(C(C)(C)C)cc1NC(=O)Nc1ccc(C)cc1. The predicted molar refractivity (Wildman–Crippen MR) is 100 cm³/mol. The Morgan fingerprint density at radius 1 is 1.04 bits per heavy atom. The summed E-state index contributed by atoms with van der Waals surface area (Å²) in [6.07, 6.45) is 0. The van der Waals surface area contributed by atoms with Crippen LogP contribution in [0.25, 0.3) is 0 Å². The molecular weight excluding hydrogens is 322 g/mol. The summed E-state index contributed by atoms with van der Waals surface area (Å²) in [6, 6.07) is 9.01. The lowest BCUT2D eigenvalue weighted by Crippen LogP contribution is -2.22. The largest absolute Gasteiger partial charge is 0.354 e. The van der Waals surface area contributed by atoms with Crippen molar-refractivity contribution in [1.82, 2.24) is 5.32 Å². The molecule has 0 fully saturated rings. The van der Waals surface area contributed by atoms with Crippen molar-refractivity contribution in [2.75, 3.05) is 17.7 Å². The molecule has 0 unspecified atom stereocenters. The van der Waals surface area contributed by atoms with Gasteiger partial charge in [0.05, 0.1) is 5.69 Å². The van der Waals surface area contributed by atoms with E-state index in [1.807, 2.05) is 37.3 Å². The van der Waals surface area contributed by atoms with E-state index in [0.717, 1.165) is 10.4 Å². The molecule has 0 spiro atoms. The molecule has 128 valence electrons. The third kappa shape index (κ3) is 4.35. The van der Waals surface area contributed by atoms with Crippen LogP contribution < -0.4 is 16.0 Å². The number of hydrogen-bond donors (Lipinski definition) is 3. The van der Waals surface area contributed by atoms with Crippen molar-refractivity contribution < 1.29 is 9.59 Å². The second-order valence-corrected chi connectivity index (χ2v) is 7.68. The van der Waals surface area contributed by atoms with Crippen LogP contribution in [0.3, 0.4) is 0 Å². The van der Waals surface area contributed by atoms with Crippen molar-refractivity contribution in [3.8, 4) is 0 Å². The number of carbonyl (C=O) groups excluding carboxylic acids is 2. The van der Waals surface area contributed by atoms with Gasteiger partial charge in [-0.25, -0.2) is 4.79 Å². The maximum atomic E-state index is 12.2. The van der Waals surface area contributed by atoms with Crippen molar-refractivity contribution >= 4 is 34.6 Å². The quantitative estimate of drug-likeness (QED) is 0.773. The second-order valence-electron chi connectivity index (χ2n) is 6.63. The zero-order valence-corrected chi connectivity index (χ0v) is 15.4. The van der Waals surface area contributed by atoms with E-state index in [-0.39, 0.29) is 17.4 Å². The van der Waals surface area contributed by atoms with Crippen LogP contribution in [0.15, 0.2) is 30.3 Å². The lowest BCUT2D eigenvalue weighted by molar-refractivity contribution is 0.0968. The molecule has 5 nitrogen and oxygen atoms in total. The van der Waals surface area contributed by atoms with E-state index in [0.29, 0.717) is 16.3 Å². The summed E-state index contributed by atoms with van der Waals surface area (Å²) in [5.74, 6) is -0.207. The maximum absolute atomic E-state index is 12.2. The summed E-state index contributed by atoms with van der Waals surface area (Å²) < 4.78 is 0. The molecule has 0 aliphatic rings. The zero-order chi connectivity index (χ0) is 17.9. The number of carbonyl (C=O) groups is 2. The molecule has 3 N–H and O–H groups in total. The molecule has 24 heavy (non-hydrogen) atoms. The Morgan fingerprint density at radius 2 is 1.67 bits per heavy atom. The van der Waals surface area contributed by atoms with Gasteiger partial charge in [0, 0.05) is 17.6 Å². The van der Waals surface area contributed by atoms with Gasteiger partial charge in [-0.05, 0) is 30.5 Å². The summed E-state index contributed by atoms with van der Waals surface area (Å²) in [5, 5.41) is 8.17. The van der Waals surface area contributed by atoms with E-state index in [1.54, 1.807) is 7.05 Å². The highest BCUT2D eigenvalue weighted by Gasteiger charge is 2.23. The summed E-state index contributed by atoms with van der Waals surface area (Å²) in [4.78, 5) is 25.9.